The Hall–Kier alpha value is -3.15. The molecule has 0 radical (unpaired) electrons. The summed E-state index contributed by atoms with van der Waals surface area (Å²) in [6.45, 7) is -0.0526. The van der Waals surface area contributed by atoms with E-state index in [0.717, 1.165) is 5.69 Å². The van der Waals surface area contributed by atoms with Crippen molar-refractivity contribution in [1.82, 2.24) is 5.16 Å². The largest absolute Gasteiger partial charge is 0.455 e. The lowest BCUT2D eigenvalue weighted by atomic mass is 10.1. The monoisotopic (exact) mass is 340 g/mol. The predicted molar refractivity (Wildman–Crippen MR) is 91.8 cm³/mol. The lowest BCUT2D eigenvalue weighted by molar-refractivity contribution is 0.0464. The van der Waals surface area contributed by atoms with Gasteiger partial charge in [0.15, 0.2) is 5.76 Å². The van der Waals surface area contributed by atoms with Crippen LogP contribution >= 0.6 is 0 Å². The predicted octanol–water partition coefficient (Wildman–Crippen LogP) is 3.90. The van der Waals surface area contributed by atoms with Gasteiger partial charge in [0, 0.05) is 25.8 Å². The first kappa shape index (κ1) is 16.7. The van der Waals surface area contributed by atoms with Gasteiger partial charge in [-0.3, -0.25) is 0 Å². The van der Waals surface area contributed by atoms with Gasteiger partial charge in [-0.2, -0.15) is 0 Å². The molecule has 0 N–H and O–H groups in total. The second-order valence-corrected chi connectivity index (χ2v) is 5.68. The van der Waals surface area contributed by atoms with Crippen LogP contribution in [0.1, 0.15) is 16.1 Å². The standard InChI is InChI=1S/C19H17FN2O3/c1-22(2)15-7-5-6-13(10-15)19(23)24-12-14-11-18(25-21-14)16-8-3-4-9-17(16)20/h3-11H,12H2,1-2H3. The molecule has 0 fully saturated rings. The van der Waals surface area contributed by atoms with Crippen LogP contribution in [0.25, 0.3) is 11.3 Å². The van der Waals surface area contributed by atoms with E-state index in [2.05, 4.69) is 5.16 Å². The molecule has 0 unspecified atom stereocenters. The van der Waals surface area contributed by atoms with E-state index in [0.29, 0.717) is 22.6 Å². The molecule has 3 aromatic rings. The molecule has 0 amide bonds. The first-order valence-electron chi connectivity index (χ1n) is 7.69. The quantitative estimate of drug-likeness (QED) is 0.659. The van der Waals surface area contributed by atoms with Crippen LogP contribution in [0.15, 0.2) is 59.1 Å². The first-order chi connectivity index (χ1) is 12.0. The van der Waals surface area contributed by atoms with Gasteiger partial charge in [-0.25, -0.2) is 9.18 Å². The molecule has 0 aliphatic heterocycles. The van der Waals surface area contributed by atoms with Crippen molar-refractivity contribution in [2.75, 3.05) is 19.0 Å². The zero-order valence-corrected chi connectivity index (χ0v) is 13.9. The fraction of sp³-hybridized carbons (Fsp3) is 0.158. The van der Waals surface area contributed by atoms with E-state index in [4.69, 9.17) is 9.26 Å². The SMILES string of the molecule is CN(C)c1cccc(C(=O)OCc2cc(-c3ccccc3F)on2)c1. The molecule has 3 rings (SSSR count). The van der Waals surface area contributed by atoms with Crippen LogP contribution in [0.2, 0.25) is 0 Å². The highest BCUT2D eigenvalue weighted by atomic mass is 19.1. The molecule has 25 heavy (non-hydrogen) atoms. The number of hydrogen-bond donors (Lipinski definition) is 0. The molecule has 0 aliphatic rings. The number of anilines is 1. The number of benzene rings is 2. The van der Waals surface area contributed by atoms with Gasteiger partial charge in [-0.05, 0) is 30.3 Å². The van der Waals surface area contributed by atoms with E-state index in [-0.39, 0.29) is 6.61 Å². The maximum absolute atomic E-state index is 13.7. The van der Waals surface area contributed by atoms with Crippen LogP contribution in [0.3, 0.4) is 0 Å². The van der Waals surface area contributed by atoms with E-state index in [9.17, 15) is 9.18 Å². The van der Waals surface area contributed by atoms with E-state index in [1.807, 2.05) is 25.1 Å². The van der Waals surface area contributed by atoms with Crippen molar-refractivity contribution in [2.45, 2.75) is 6.61 Å². The van der Waals surface area contributed by atoms with E-state index < -0.39 is 11.8 Å². The van der Waals surface area contributed by atoms with Crippen molar-refractivity contribution in [3.63, 3.8) is 0 Å². The van der Waals surface area contributed by atoms with Gasteiger partial charge in [-0.15, -0.1) is 0 Å². The molecular formula is C19H17FN2O3. The first-order valence-corrected chi connectivity index (χ1v) is 7.69. The topological polar surface area (TPSA) is 55.6 Å². The van der Waals surface area contributed by atoms with Crippen LogP contribution in [-0.4, -0.2) is 25.2 Å². The summed E-state index contributed by atoms with van der Waals surface area (Å²) in [7, 11) is 3.79. The number of ether oxygens (including phenoxy) is 1. The smallest absolute Gasteiger partial charge is 0.338 e. The molecule has 1 aromatic heterocycles. The highest BCUT2D eigenvalue weighted by Crippen LogP contribution is 2.23. The number of esters is 1. The highest BCUT2D eigenvalue weighted by molar-refractivity contribution is 5.90. The molecule has 1 heterocycles. The molecule has 0 aliphatic carbocycles. The van der Waals surface area contributed by atoms with Crippen molar-refractivity contribution in [3.8, 4) is 11.3 Å². The molecular weight excluding hydrogens is 323 g/mol. The Kier molecular flexibility index (Phi) is 4.79. The molecule has 5 nitrogen and oxygen atoms in total. The van der Waals surface area contributed by atoms with Crippen molar-refractivity contribution < 1.29 is 18.4 Å². The number of hydrogen-bond acceptors (Lipinski definition) is 5. The highest BCUT2D eigenvalue weighted by Gasteiger charge is 2.13. The van der Waals surface area contributed by atoms with Crippen molar-refractivity contribution >= 4 is 11.7 Å². The number of rotatable bonds is 5. The average Bonchev–Trinajstić information content (AvgIpc) is 3.09. The summed E-state index contributed by atoms with van der Waals surface area (Å²) in [6, 6.07) is 14.9. The van der Waals surface area contributed by atoms with Crippen LogP contribution in [-0.2, 0) is 11.3 Å². The number of carbonyl (C=O) groups is 1. The Morgan fingerprint density at radius 1 is 1.16 bits per heavy atom. The van der Waals surface area contributed by atoms with E-state index in [1.54, 1.807) is 42.5 Å². The third-order valence-corrected chi connectivity index (χ3v) is 3.65. The van der Waals surface area contributed by atoms with E-state index in [1.165, 1.54) is 6.07 Å². The van der Waals surface area contributed by atoms with Gasteiger partial charge >= 0.3 is 5.97 Å². The van der Waals surface area contributed by atoms with Gasteiger partial charge in [0.25, 0.3) is 0 Å². The fourth-order valence-electron chi connectivity index (χ4n) is 2.30. The van der Waals surface area contributed by atoms with Gasteiger partial charge in [0.05, 0.1) is 11.1 Å². The average molecular weight is 340 g/mol. The minimum absolute atomic E-state index is 0.0526. The molecule has 0 spiro atoms. The van der Waals surface area contributed by atoms with Crippen molar-refractivity contribution in [3.05, 3.63) is 71.7 Å². The lowest BCUT2D eigenvalue weighted by Gasteiger charge is -2.13. The zero-order chi connectivity index (χ0) is 17.8. The van der Waals surface area contributed by atoms with Crippen molar-refractivity contribution in [1.29, 1.82) is 0 Å². The Morgan fingerprint density at radius 3 is 2.72 bits per heavy atom. The molecule has 0 saturated carbocycles. The third-order valence-electron chi connectivity index (χ3n) is 3.65. The van der Waals surface area contributed by atoms with Crippen LogP contribution in [0.4, 0.5) is 10.1 Å². The molecule has 128 valence electrons. The number of halogens is 1. The van der Waals surface area contributed by atoms with Gasteiger partial charge in [0.2, 0.25) is 0 Å². The Balaban J connectivity index is 1.67. The second kappa shape index (κ2) is 7.17. The van der Waals surface area contributed by atoms with Crippen molar-refractivity contribution in [2.24, 2.45) is 0 Å². The lowest BCUT2D eigenvalue weighted by Crippen LogP contribution is -2.11. The normalized spacial score (nSPS) is 10.5. The number of aromatic nitrogens is 1. The Bertz CT molecular complexity index is 890. The molecule has 0 saturated heterocycles. The maximum atomic E-state index is 13.7. The molecule has 2 aromatic carbocycles. The zero-order valence-electron chi connectivity index (χ0n) is 13.9. The summed E-state index contributed by atoms with van der Waals surface area (Å²) in [6.07, 6.45) is 0. The summed E-state index contributed by atoms with van der Waals surface area (Å²) >= 11 is 0. The van der Waals surface area contributed by atoms with Gasteiger partial charge in [0.1, 0.15) is 18.1 Å². The molecule has 0 bridgehead atoms. The second-order valence-electron chi connectivity index (χ2n) is 5.68. The fourth-order valence-corrected chi connectivity index (χ4v) is 2.30. The van der Waals surface area contributed by atoms with Crippen LogP contribution in [0.5, 0.6) is 0 Å². The summed E-state index contributed by atoms with van der Waals surface area (Å²) in [5.41, 5.74) is 2.07. The number of carbonyl (C=O) groups excluding carboxylic acids is 1. The molecule has 0 atom stereocenters. The van der Waals surface area contributed by atoms with Crippen LogP contribution < -0.4 is 4.90 Å². The molecule has 6 heteroatoms. The minimum atomic E-state index is -0.459. The summed E-state index contributed by atoms with van der Waals surface area (Å²) < 4.78 is 24.1. The van der Waals surface area contributed by atoms with Gasteiger partial charge in [-0.1, -0.05) is 23.4 Å². The third kappa shape index (κ3) is 3.85. The maximum Gasteiger partial charge on any atom is 0.338 e. The van der Waals surface area contributed by atoms with E-state index >= 15 is 0 Å². The summed E-state index contributed by atoms with van der Waals surface area (Å²) in [5.74, 6) is -0.569. The Labute approximate surface area is 144 Å². The number of nitrogens with zero attached hydrogens (tertiary/aromatic N) is 2. The minimum Gasteiger partial charge on any atom is -0.455 e. The summed E-state index contributed by atoms with van der Waals surface area (Å²) in [5, 5.41) is 3.82. The summed E-state index contributed by atoms with van der Waals surface area (Å²) in [4.78, 5) is 14.1. The van der Waals surface area contributed by atoms with Gasteiger partial charge < -0.3 is 14.2 Å². The Morgan fingerprint density at radius 2 is 1.96 bits per heavy atom. The van der Waals surface area contributed by atoms with Crippen LogP contribution in [0, 0.1) is 5.82 Å².